The first-order valence-corrected chi connectivity index (χ1v) is 8.07. The van der Waals surface area contributed by atoms with E-state index in [1.165, 1.54) is 32.1 Å². The summed E-state index contributed by atoms with van der Waals surface area (Å²) < 4.78 is 21.2. The zero-order chi connectivity index (χ0) is 10.9. The van der Waals surface area contributed by atoms with E-state index in [1.807, 2.05) is 0 Å². The van der Waals surface area contributed by atoms with Gasteiger partial charge in [0.05, 0.1) is 0 Å². The summed E-state index contributed by atoms with van der Waals surface area (Å²) in [4.78, 5) is 0. The molecule has 0 aliphatic carbocycles. The zero-order valence-electron chi connectivity index (χ0n) is 10.00. The first-order valence-electron chi connectivity index (χ1n) is 5.50. The van der Waals surface area contributed by atoms with Gasteiger partial charge in [-0.15, -0.1) is 0 Å². The number of hydrogen-bond donors (Lipinski definition) is 0. The van der Waals surface area contributed by atoms with Crippen molar-refractivity contribution in [1.82, 2.24) is 0 Å². The van der Waals surface area contributed by atoms with Crippen LogP contribution in [0.5, 0.6) is 0 Å². The molecule has 0 N–H and O–H groups in total. The van der Waals surface area contributed by atoms with Crippen LogP contribution in [-0.4, -0.2) is 14.2 Å². The van der Waals surface area contributed by atoms with E-state index in [9.17, 15) is 8.42 Å². The van der Waals surface area contributed by atoms with Crippen LogP contribution < -0.4 is 29.6 Å². The quantitative estimate of drug-likeness (QED) is 0.253. The van der Waals surface area contributed by atoms with E-state index in [1.54, 1.807) is 0 Å². The topological polar surface area (TPSA) is 34.1 Å². The van der Waals surface area contributed by atoms with Gasteiger partial charge >= 0.3 is 29.6 Å². The van der Waals surface area contributed by atoms with Crippen LogP contribution in [0.3, 0.4) is 0 Å². The Hall–Kier alpha value is 1.30. The Labute approximate surface area is 122 Å². The maximum Gasteiger partial charge on any atom is 1.00 e. The van der Waals surface area contributed by atoms with Crippen LogP contribution in [0.4, 0.5) is 0 Å². The monoisotopic (exact) mass is 260 g/mol. The third-order valence-corrected chi connectivity index (χ3v) is 3.54. The summed E-state index contributed by atoms with van der Waals surface area (Å²) in [5, 5.41) is 0. The fourth-order valence-electron chi connectivity index (χ4n) is 1.41. The van der Waals surface area contributed by atoms with E-state index < -0.39 is 8.87 Å². The van der Waals surface area contributed by atoms with Gasteiger partial charge in [0.25, 0.3) is 0 Å². The molecule has 0 aromatic heterocycles. The molecule has 0 saturated carbocycles. The van der Waals surface area contributed by atoms with Gasteiger partial charge in [-0.05, 0) is 6.42 Å². The molecule has 0 radical (unpaired) electrons. The third-order valence-electron chi connectivity index (χ3n) is 2.25. The van der Waals surface area contributed by atoms with Gasteiger partial charge in [0, 0.05) is 14.6 Å². The average Bonchev–Trinajstić information content (AvgIpc) is 2.08. The van der Waals surface area contributed by atoms with Crippen LogP contribution in [0.2, 0.25) is 0 Å². The largest absolute Gasteiger partial charge is 1.00 e. The number of hydrogen-bond acceptors (Lipinski definition) is 3. The minimum Gasteiger partial charge on any atom is -0.649 e. The summed E-state index contributed by atoms with van der Waals surface area (Å²) in [5.41, 5.74) is 0. The predicted molar refractivity (Wildman–Crippen MR) is 63.8 cm³/mol. The smallest absolute Gasteiger partial charge is 0.649 e. The van der Waals surface area contributed by atoms with Gasteiger partial charge in [-0.2, -0.15) is 0 Å². The van der Waals surface area contributed by atoms with Gasteiger partial charge in [-0.25, -0.2) is 0 Å². The van der Waals surface area contributed by atoms with Gasteiger partial charge in [0.2, 0.25) is 0 Å². The molecule has 0 unspecified atom stereocenters. The molecule has 15 heavy (non-hydrogen) atoms. The SMILES string of the molecule is CCCCCCCCCCS(=O)(=O)[S-].[Na+]. The Kier molecular flexibility index (Phi) is 14.6. The molecule has 2 nitrogen and oxygen atoms in total. The molecule has 0 saturated heterocycles. The molecule has 0 amide bonds. The summed E-state index contributed by atoms with van der Waals surface area (Å²) >= 11 is 4.29. The second-order valence-corrected chi connectivity index (χ2v) is 6.78. The molecule has 86 valence electrons. The standard InChI is InChI=1S/C10H22O2S2.Na/c1-2-3-4-5-6-7-8-9-10-14(11,12)13;/h2-10H2,1H3,(H,11,12,13);/q;+1/p-1. The molecule has 0 aliphatic rings. The zero-order valence-corrected chi connectivity index (χ0v) is 13.6. The molecule has 0 aromatic carbocycles. The van der Waals surface area contributed by atoms with E-state index in [-0.39, 0.29) is 35.3 Å². The van der Waals surface area contributed by atoms with E-state index in [4.69, 9.17) is 0 Å². The molecular weight excluding hydrogens is 239 g/mol. The molecule has 0 heterocycles. The van der Waals surface area contributed by atoms with E-state index in [0.29, 0.717) is 0 Å². The van der Waals surface area contributed by atoms with Crippen LogP contribution in [0.25, 0.3) is 0 Å². The Balaban J connectivity index is 0. The second kappa shape index (κ2) is 11.8. The fourth-order valence-corrected chi connectivity index (χ4v) is 2.32. The van der Waals surface area contributed by atoms with E-state index >= 15 is 0 Å². The Morgan fingerprint density at radius 2 is 1.27 bits per heavy atom. The molecule has 0 atom stereocenters. The van der Waals surface area contributed by atoms with Gasteiger partial charge in [-0.3, -0.25) is 8.42 Å². The number of unbranched alkanes of at least 4 members (excludes halogenated alkanes) is 7. The molecule has 5 heteroatoms. The van der Waals surface area contributed by atoms with Crippen LogP contribution in [0.15, 0.2) is 0 Å². The summed E-state index contributed by atoms with van der Waals surface area (Å²) in [6.45, 7) is 2.20. The Bertz CT molecular complexity index is 215. The normalized spacial score (nSPS) is 11.1. The van der Waals surface area contributed by atoms with Gasteiger partial charge in [-0.1, -0.05) is 51.9 Å². The Morgan fingerprint density at radius 1 is 0.867 bits per heavy atom. The summed E-state index contributed by atoms with van der Waals surface area (Å²) in [7, 11) is -3.14. The number of rotatable bonds is 9. The van der Waals surface area contributed by atoms with Gasteiger partial charge in [0.15, 0.2) is 0 Å². The van der Waals surface area contributed by atoms with Crippen LogP contribution in [0.1, 0.15) is 58.3 Å². The summed E-state index contributed by atoms with van der Waals surface area (Å²) in [5.74, 6) is 0.178. The van der Waals surface area contributed by atoms with Crippen molar-refractivity contribution in [3.8, 4) is 0 Å². The minimum atomic E-state index is -3.14. The van der Waals surface area contributed by atoms with Crippen molar-refractivity contribution in [3.05, 3.63) is 0 Å². The molecule has 0 aliphatic heterocycles. The minimum absolute atomic E-state index is 0. The van der Waals surface area contributed by atoms with Crippen molar-refractivity contribution in [2.45, 2.75) is 58.3 Å². The summed E-state index contributed by atoms with van der Waals surface area (Å²) in [6.07, 6.45) is 9.31. The van der Waals surface area contributed by atoms with Crippen molar-refractivity contribution in [2.75, 3.05) is 5.75 Å². The van der Waals surface area contributed by atoms with Gasteiger partial charge < -0.3 is 11.7 Å². The van der Waals surface area contributed by atoms with Crippen molar-refractivity contribution in [1.29, 1.82) is 0 Å². The maximum atomic E-state index is 10.6. The second-order valence-electron chi connectivity index (χ2n) is 3.74. The van der Waals surface area contributed by atoms with Crippen LogP contribution in [-0.2, 0) is 20.5 Å². The Morgan fingerprint density at radius 3 is 1.67 bits per heavy atom. The summed E-state index contributed by atoms with van der Waals surface area (Å²) in [6, 6.07) is 0. The van der Waals surface area contributed by atoms with Crippen molar-refractivity contribution in [2.24, 2.45) is 0 Å². The molecule has 0 rings (SSSR count). The van der Waals surface area contributed by atoms with Crippen LogP contribution in [0, 0.1) is 0 Å². The fraction of sp³-hybridized carbons (Fsp3) is 1.00. The van der Waals surface area contributed by atoms with Crippen molar-refractivity contribution < 1.29 is 38.0 Å². The molecule has 0 spiro atoms. The van der Waals surface area contributed by atoms with Gasteiger partial charge in [0.1, 0.15) is 0 Å². The molecule has 0 fully saturated rings. The molecule has 0 bridgehead atoms. The molecular formula is C10H21NaO2S2. The van der Waals surface area contributed by atoms with Crippen LogP contribution >= 0.6 is 0 Å². The first kappa shape index (κ1) is 18.7. The average molecular weight is 260 g/mol. The predicted octanol–water partition coefficient (Wildman–Crippen LogP) is 0.00780. The van der Waals surface area contributed by atoms with E-state index in [0.717, 1.165) is 19.3 Å². The maximum absolute atomic E-state index is 10.6. The third kappa shape index (κ3) is 17.9. The molecule has 0 aromatic rings. The van der Waals surface area contributed by atoms with Crippen molar-refractivity contribution >= 4 is 20.5 Å². The van der Waals surface area contributed by atoms with E-state index in [2.05, 4.69) is 18.6 Å². The first-order chi connectivity index (χ1) is 6.56. The van der Waals surface area contributed by atoms with Crippen molar-refractivity contribution in [3.63, 3.8) is 0 Å².